The highest BCUT2D eigenvalue weighted by atomic mass is 16.3. The minimum atomic E-state index is -0.658. The van der Waals surface area contributed by atoms with Crippen molar-refractivity contribution in [3.8, 4) is 0 Å². The number of aromatic nitrogens is 1. The topological polar surface area (TPSA) is 45.2 Å². The van der Waals surface area contributed by atoms with E-state index in [0.29, 0.717) is 13.0 Å². The van der Waals surface area contributed by atoms with Crippen LogP contribution in [-0.4, -0.2) is 30.1 Å². The van der Waals surface area contributed by atoms with Crippen molar-refractivity contribution in [2.24, 2.45) is 0 Å². The van der Waals surface area contributed by atoms with Gasteiger partial charge >= 0.3 is 0 Å². The Balaban J connectivity index is 2.15. The number of anilines is 1. The first kappa shape index (κ1) is 13.9. The van der Waals surface area contributed by atoms with Crippen LogP contribution < -0.4 is 10.8 Å². The summed E-state index contributed by atoms with van der Waals surface area (Å²) in [5, 5.41) is 15.0. The van der Waals surface area contributed by atoms with Gasteiger partial charge in [-0.3, -0.25) is 0 Å². The van der Waals surface area contributed by atoms with Gasteiger partial charge in [-0.2, -0.15) is 0 Å². The molecule has 2 rings (SSSR count). The van der Waals surface area contributed by atoms with Crippen LogP contribution in [0.2, 0.25) is 0 Å². The molecule has 2 aromatic rings. The Labute approximate surface area is 115 Å². The number of hydrogen-bond acceptors (Lipinski definition) is 3. The molecule has 98 valence electrons. The molecule has 2 N–H and O–H groups in total. The number of fused-ring (bicyclic) bond motifs is 1. The van der Waals surface area contributed by atoms with E-state index in [4.69, 9.17) is 7.85 Å². The van der Waals surface area contributed by atoms with Crippen LogP contribution in [0.3, 0.4) is 0 Å². The van der Waals surface area contributed by atoms with E-state index in [0.717, 1.165) is 27.6 Å². The van der Waals surface area contributed by atoms with Crippen LogP contribution in [0.5, 0.6) is 0 Å². The van der Waals surface area contributed by atoms with Gasteiger partial charge in [0.2, 0.25) is 0 Å². The highest BCUT2D eigenvalue weighted by Crippen LogP contribution is 2.17. The van der Waals surface area contributed by atoms with Crippen molar-refractivity contribution in [2.75, 3.05) is 11.9 Å². The van der Waals surface area contributed by atoms with E-state index in [-0.39, 0.29) is 0 Å². The highest BCUT2D eigenvalue weighted by Gasteiger charge is 2.11. The Kier molecular flexibility index (Phi) is 3.81. The fraction of sp³-hybridized carbons (Fsp3) is 0.400. The number of benzene rings is 1. The van der Waals surface area contributed by atoms with Crippen molar-refractivity contribution in [1.29, 1.82) is 0 Å². The zero-order chi connectivity index (χ0) is 14.0. The predicted molar refractivity (Wildman–Crippen MR) is 81.3 cm³/mol. The average Bonchev–Trinajstić information content (AvgIpc) is 2.29. The number of nitrogens with zero attached hydrogens (tertiary/aromatic N) is 1. The maximum absolute atomic E-state index is 9.66. The molecule has 0 aliphatic rings. The summed E-state index contributed by atoms with van der Waals surface area (Å²) < 4.78 is 0. The van der Waals surface area contributed by atoms with Gasteiger partial charge < -0.3 is 10.4 Å². The van der Waals surface area contributed by atoms with E-state index in [1.165, 1.54) is 0 Å². The third kappa shape index (κ3) is 3.71. The molecule has 4 heteroatoms. The molecular formula is C15H19BN2O. The zero-order valence-electron chi connectivity index (χ0n) is 11.7. The number of rotatable bonds is 4. The maximum Gasteiger partial charge on any atom is 0.126 e. The van der Waals surface area contributed by atoms with Crippen molar-refractivity contribution in [1.82, 2.24) is 4.98 Å². The van der Waals surface area contributed by atoms with E-state index in [1.54, 1.807) is 13.8 Å². The van der Waals surface area contributed by atoms with Gasteiger partial charge in [0.25, 0.3) is 0 Å². The molecule has 0 atom stereocenters. The molecule has 0 aliphatic carbocycles. The van der Waals surface area contributed by atoms with Crippen molar-refractivity contribution >= 4 is 29.9 Å². The maximum atomic E-state index is 9.66. The largest absolute Gasteiger partial charge is 0.390 e. The van der Waals surface area contributed by atoms with Crippen molar-refractivity contribution in [3.63, 3.8) is 0 Å². The van der Waals surface area contributed by atoms with Gasteiger partial charge in [-0.25, -0.2) is 4.98 Å². The highest BCUT2D eigenvalue weighted by molar-refractivity contribution is 6.34. The third-order valence-corrected chi connectivity index (χ3v) is 3.15. The summed E-state index contributed by atoms with van der Waals surface area (Å²) in [5.74, 6) is 0.820. The average molecular weight is 254 g/mol. The van der Waals surface area contributed by atoms with Gasteiger partial charge in [-0.05, 0) is 44.0 Å². The first-order chi connectivity index (χ1) is 8.85. The van der Waals surface area contributed by atoms with E-state index in [1.807, 2.05) is 25.3 Å². The Bertz CT molecular complexity index is 590. The first-order valence-corrected chi connectivity index (χ1v) is 6.47. The zero-order valence-corrected chi connectivity index (χ0v) is 11.7. The summed E-state index contributed by atoms with van der Waals surface area (Å²) in [6.07, 6.45) is 2.49. The molecule has 0 saturated carbocycles. The molecule has 19 heavy (non-hydrogen) atoms. The summed E-state index contributed by atoms with van der Waals surface area (Å²) in [4.78, 5) is 4.35. The molecular weight excluding hydrogens is 235 g/mol. The van der Waals surface area contributed by atoms with Gasteiger partial charge in [0.15, 0.2) is 0 Å². The van der Waals surface area contributed by atoms with Crippen molar-refractivity contribution in [3.05, 3.63) is 30.0 Å². The molecule has 3 nitrogen and oxygen atoms in total. The molecule has 2 radical (unpaired) electrons. The van der Waals surface area contributed by atoms with Crippen LogP contribution in [-0.2, 0) is 0 Å². The smallest absolute Gasteiger partial charge is 0.126 e. The summed E-state index contributed by atoms with van der Waals surface area (Å²) in [6.45, 7) is 6.29. The van der Waals surface area contributed by atoms with E-state index in [2.05, 4.69) is 16.4 Å². The Morgan fingerprint density at radius 3 is 2.68 bits per heavy atom. The van der Waals surface area contributed by atoms with E-state index >= 15 is 0 Å². The monoisotopic (exact) mass is 254 g/mol. The molecule has 0 aliphatic heterocycles. The summed E-state index contributed by atoms with van der Waals surface area (Å²) >= 11 is 0. The SMILES string of the molecule is [B]c1cc2cnc(NCCC(C)(C)O)cc2cc1C. The van der Waals surface area contributed by atoms with Gasteiger partial charge in [-0.15, -0.1) is 0 Å². The van der Waals surface area contributed by atoms with E-state index < -0.39 is 5.60 Å². The van der Waals surface area contributed by atoms with Crippen molar-refractivity contribution in [2.45, 2.75) is 32.8 Å². The molecule has 0 fully saturated rings. The fourth-order valence-corrected chi connectivity index (χ4v) is 1.92. The second kappa shape index (κ2) is 5.21. The summed E-state index contributed by atoms with van der Waals surface area (Å²) in [7, 11) is 5.88. The number of pyridine rings is 1. The van der Waals surface area contributed by atoms with Gasteiger partial charge in [0.05, 0.1) is 5.60 Å². The molecule has 0 amide bonds. The lowest BCUT2D eigenvalue weighted by molar-refractivity contribution is 0.0748. The molecule has 1 heterocycles. The minimum Gasteiger partial charge on any atom is -0.390 e. The van der Waals surface area contributed by atoms with Gasteiger partial charge in [0, 0.05) is 12.7 Å². The second-order valence-electron chi connectivity index (χ2n) is 5.61. The van der Waals surface area contributed by atoms with Crippen LogP contribution in [0.4, 0.5) is 5.82 Å². The molecule has 0 saturated heterocycles. The summed E-state index contributed by atoms with van der Waals surface area (Å²) in [5.41, 5.74) is 1.20. The molecule has 0 bridgehead atoms. The molecule has 0 spiro atoms. The lowest BCUT2D eigenvalue weighted by Gasteiger charge is -2.17. The Morgan fingerprint density at radius 1 is 1.26 bits per heavy atom. The summed E-state index contributed by atoms with van der Waals surface area (Å²) in [6, 6.07) is 6.01. The van der Waals surface area contributed by atoms with E-state index in [9.17, 15) is 5.11 Å². The number of hydrogen-bond donors (Lipinski definition) is 2. The molecule has 1 aromatic carbocycles. The second-order valence-corrected chi connectivity index (χ2v) is 5.61. The number of aryl methyl sites for hydroxylation is 1. The first-order valence-electron chi connectivity index (χ1n) is 6.47. The predicted octanol–water partition coefficient (Wildman–Crippen LogP) is 1.91. The lowest BCUT2D eigenvalue weighted by Crippen LogP contribution is -2.22. The van der Waals surface area contributed by atoms with Gasteiger partial charge in [0.1, 0.15) is 13.7 Å². The van der Waals surface area contributed by atoms with Crippen LogP contribution in [0.25, 0.3) is 10.8 Å². The van der Waals surface area contributed by atoms with Crippen LogP contribution >= 0.6 is 0 Å². The normalized spacial score (nSPS) is 11.8. The van der Waals surface area contributed by atoms with Crippen molar-refractivity contribution < 1.29 is 5.11 Å². The standard InChI is InChI=1S/C15H19BN2O/c1-10-6-11-8-14(17-5-4-15(2,3)19)18-9-12(11)7-13(10)16/h6-9,19H,4-5H2,1-3H3,(H,17,18). The Hall–Kier alpha value is -1.55. The molecule has 1 aromatic heterocycles. The van der Waals surface area contributed by atoms with Crippen LogP contribution in [0.1, 0.15) is 25.8 Å². The lowest BCUT2D eigenvalue weighted by atomic mass is 9.89. The number of nitrogens with one attached hydrogen (secondary N) is 1. The third-order valence-electron chi connectivity index (χ3n) is 3.15. The molecule has 0 unspecified atom stereocenters. The quantitative estimate of drug-likeness (QED) is 0.819. The van der Waals surface area contributed by atoms with Gasteiger partial charge in [-0.1, -0.05) is 23.2 Å². The Morgan fingerprint density at radius 2 is 2.00 bits per heavy atom. The fourth-order valence-electron chi connectivity index (χ4n) is 1.92. The van der Waals surface area contributed by atoms with Crippen LogP contribution in [0.15, 0.2) is 24.4 Å². The minimum absolute atomic E-state index is 0.658. The van der Waals surface area contributed by atoms with Crippen LogP contribution in [0, 0.1) is 6.92 Å². The number of aliphatic hydroxyl groups is 1.